The molecule has 0 atom stereocenters. The van der Waals surface area contributed by atoms with Crippen molar-refractivity contribution in [2.75, 3.05) is 18.0 Å². The molecule has 148 valence electrons. The monoisotopic (exact) mass is 422 g/mol. The highest BCUT2D eigenvalue weighted by molar-refractivity contribution is 6.36. The molecule has 28 heavy (non-hydrogen) atoms. The van der Waals surface area contributed by atoms with Crippen LogP contribution >= 0.6 is 23.2 Å². The van der Waals surface area contributed by atoms with Gasteiger partial charge in [0.05, 0.1) is 18.3 Å². The van der Waals surface area contributed by atoms with E-state index >= 15 is 0 Å². The molecular weight excluding hydrogens is 403 g/mol. The van der Waals surface area contributed by atoms with Gasteiger partial charge in [0.1, 0.15) is 5.82 Å². The van der Waals surface area contributed by atoms with Crippen LogP contribution in [0.5, 0.6) is 0 Å². The highest BCUT2D eigenvalue weighted by atomic mass is 35.5. The maximum atomic E-state index is 12.4. The minimum atomic E-state index is -0.608. The van der Waals surface area contributed by atoms with E-state index in [9.17, 15) is 14.7 Å². The number of aromatic nitrogens is 2. The molecular formula is C19H20Cl2N4O3. The van der Waals surface area contributed by atoms with Crippen molar-refractivity contribution < 1.29 is 14.7 Å². The molecule has 1 aliphatic heterocycles. The van der Waals surface area contributed by atoms with Crippen molar-refractivity contribution >= 4 is 40.8 Å². The predicted molar refractivity (Wildman–Crippen MR) is 108 cm³/mol. The average Bonchev–Trinajstić information content (AvgIpc) is 3.25. The number of hydrogen-bond donors (Lipinski definition) is 2. The van der Waals surface area contributed by atoms with Gasteiger partial charge in [-0.25, -0.2) is 4.68 Å². The topological polar surface area (TPSA) is 87.5 Å². The lowest BCUT2D eigenvalue weighted by Gasteiger charge is -2.17. The van der Waals surface area contributed by atoms with Crippen LogP contribution in [0.15, 0.2) is 41.8 Å². The second-order valence-corrected chi connectivity index (χ2v) is 7.10. The first kappa shape index (κ1) is 20.2. The molecule has 0 fully saturated rings. The van der Waals surface area contributed by atoms with Crippen LogP contribution in [0.2, 0.25) is 10.0 Å². The molecule has 2 N–H and O–H groups in total. The first-order valence-electron chi connectivity index (χ1n) is 8.91. The molecule has 0 spiro atoms. The second kappa shape index (κ2) is 8.67. The van der Waals surface area contributed by atoms with Crippen LogP contribution in [0.4, 0.5) is 5.82 Å². The van der Waals surface area contributed by atoms with Crippen molar-refractivity contribution in [3.63, 3.8) is 0 Å². The number of amides is 2. The van der Waals surface area contributed by atoms with Crippen molar-refractivity contribution in [3.8, 4) is 0 Å². The normalized spacial score (nSPS) is 14.1. The van der Waals surface area contributed by atoms with E-state index in [-0.39, 0.29) is 12.1 Å². The number of aryl methyl sites for hydroxylation is 1. The molecule has 0 radical (unpaired) electrons. The Balaban J connectivity index is 1.58. The van der Waals surface area contributed by atoms with Gasteiger partial charge in [-0.1, -0.05) is 29.3 Å². The Bertz CT molecular complexity index is 919. The van der Waals surface area contributed by atoms with Crippen molar-refractivity contribution in [2.24, 2.45) is 0 Å². The molecule has 3 rings (SSSR count). The SMILES string of the molecule is CCn1nccc1N1CC(C(=O)NCCCc2c(Cl)cccc2Cl)=C(O)C1=O. The maximum Gasteiger partial charge on any atom is 0.295 e. The fourth-order valence-corrected chi connectivity index (χ4v) is 3.66. The van der Waals surface area contributed by atoms with Crippen LogP contribution in [0.25, 0.3) is 0 Å². The third-order valence-electron chi connectivity index (χ3n) is 4.54. The molecule has 2 amide bonds. The Labute approximate surface area is 172 Å². The Kier molecular flexibility index (Phi) is 6.26. The van der Waals surface area contributed by atoms with E-state index in [1.165, 1.54) is 4.90 Å². The van der Waals surface area contributed by atoms with E-state index in [0.717, 1.165) is 5.56 Å². The van der Waals surface area contributed by atoms with E-state index in [1.54, 1.807) is 35.1 Å². The smallest absolute Gasteiger partial charge is 0.295 e. The molecule has 2 aromatic rings. The summed E-state index contributed by atoms with van der Waals surface area (Å²) in [6, 6.07) is 6.98. The van der Waals surface area contributed by atoms with E-state index in [2.05, 4.69) is 10.4 Å². The van der Waals surface area contributed by atoms with Crippen LogP contribution in [-0.2, 0) is 22.6 Å². The van der Waals surface area contributed by atoms with Gasteiger partial charge in [-0.2, -0.15) is 5.10 Å². The molecule has 0 aliphatic carbocycles. The number of aliphatic hydroxyl groups excluding tert-OH is 1. The van der Waals surface area contributed by atoms with Gasteiger partial charge >= 0.3 is 0 Å². The molecule has 1 aromatic heterocycles. The van der Waals surface area contributed by atoms with Gasteiger partial charge in [0.25, 0.3) is 11.8 Å². The number of carbonyl (C=O) groups is 2. The molecule has 0 saturated heterocycles. The van der Waals surface area contributed by atoms with Gasteiger partial charge < -0.3 is 10.4 Å². The zero-order valence-electron chi connectivity index (χ0n) is 15.3. The van der Waals surface area contributed by atoms with Crippen molar-refractivity contribution in [3.05, 3.63) is 57.4 Å². The first-order chi connectivity index (χ1) is 13.4. The van der Waals surface area contributed by atoms with Crippen LogP contribution < -0.4 is 10.2 Å². The van der Waals surface area contributed by atoms with Crippen LogP contribution in [-0.4, -0.2) is 39.8 Å². The molecule has 0 saturated carbocycles. The van der Waals surface area contributed by atoms with Crippen molar-refractivity contribution in [1.29, 1.82) is 0 Å². The summed E-state index contributed by atoms with van der Waals surface area (Å²) in [5.74, 6) is -1.07. The summed E-state index contributed by atoms with van der Waals surface area (Å²) in [6.07, 6.45) is 2.79. The number of rotatable bonds is 7. The Morgan fingerprint density at radius 2 is 2.00 bits per heavy atom. The minimum Gasteiger partial charge on any atom is -0.503 e. The minimum absolute atomic E-state index is 0.00145. The lowest BCUT2D eigenvalue weighted by atomic mass is 10.1. The zero-order valence-corrected chi connectivity index (χ0v) is 16.8. The molecule has 2 heterocycles. The van der Waals surface area contributed by atoms with Crippen LogP contribution in [0.3, 0.4) is 0 Å². The second-order valence-electron chi connectivity index (χ2n) is 6.28. The van der Waals surface area contributed by atoms with E-state index in [4.69, 9.17) is 23.2 Å². The number of anilines is 1. The Morgan fingerprint density at radius 3 is 2.68 bits per heavy atom. The van der Waals surface area contributed by atoms with Gasteiger partial charge in [0, 0.05) is 29.2 Å². The Morgan fingerprint density at radius 1 is 1.29 bits per heavy atom. The lowest BCUT2D eigenvalue weighted by Crippen LogP contribution is -2.32. The molecule has 1 aliphatic rings. The highest BCUT2D eigenvalue weighted by Crippen LogP contribution is 2.26. The van der Waals surface area contributed by atoms with Gasteiger partial charge in [-0.15, -0.1) is 0 Å². The number of carbonyl (C=O) groups excluding carboxylic acids is 2. The number of aliphatic hydroxyl groups is 1. The average molecular weight is 423 g/mol. The van der Waals surface area contributed by atoms with Gasteiger partial charge in [-0.3, -0.25) is 14.5 Å². The molecule has 9 heteroatoms. The standard InChI is InChI=1S/C19H20Cl2N4O3/c1-2-25-16(8-10-23-25)24-11-13(17(26)19(24)28)18(27)22-9-4-5-12-14(20)6-3-7-15(12)21/h3,6-8,10,26H,2,4-5,9,11H2,1H3,(H,22,27). The maximum absolute atomic E-state index is 12.4. The predicted octanol–water partition coefficient (Wildman–Crippen LogP) is 3.12. The number of halogens is 2. The van der Waals surface area contributed by atoms with Crippen LogP contribution in [0.1, 0.15) is 18.9 Å². The quantitative estimate of drug-likeness (QED) is 0.670. The summed E-state index contributed by atoms with van der Waals surface area (Å²) in [5, 5.41) is 18.2. The Hall–Kier alpha value is -2.51. The fourth-order valence-electron chi connectivity index (χ4n) is 3.07. The highest BCUT2D eigenvalue weighted by Gasteiger charge is 2.36. The van der Waals surface area contributed by atoms with Gasteiger partial charge in [0.15, 0.2) is 5.76 Å². The fraction of sp³-hybridized carbons (Fsp3) is 0.316. The number of nitrogens with zero attached hydrogens (tertiary/aromatic N) is 3. The summed E-state index contributed by atoms with van der Waals surface area (Å²) in [5.41, 5.74) is 0.877. The summed E-state index contributed by atoms with van der Waals surface area (Å²) in [4.78, 5) is 26.1. The summed E-state index contributed by atoms with van der Waals surface area (Å²) >= 11 is 12.3. The van der Waals surface area contributed by atoms with E-state index in [0.29, 0.717) is 41.8 Å². The molecule has 0 unspecified atom stereocenters. The third kappa shape index (κ3) is 4.00. The summed E-state index contributed by atoms with van der Waals surface area (Å²) in [6.45, 7) is 2.82. The first-order valence-corrected chi connectivity index (χ1v) is 9.66. The summed E-state index contributed by atoms with van der Waals surface area (Å²) < 4.78 is 1.62. The van der Waals surface area contributed by atoms with Crippen molar-refractivity contribution in [1.82, 2.24) is 15.1 Å². The van der Waals surface area contributed by atoms with Crippen LogP contribution in [0, 0.1) is 0 Å². The van der Waals surface area contributed by atoms with Gasteiger partial charge in [0.2, 0.25) is 0 Å². The largest absolute Gasteiger partial charge is 0.503 e. The van der Waals surface area contributed by atoms with E-state index < -0.39 is 17.6 Å². The third-order valence-corrected chi connectivity index (χ3v) is 5.25. The van der Waals surface area contributed by atoms with Crippen molar-refractivity contribution in [2.45, 2.75) is 26.3 Å². The lowest BCUT2D eigenvalue weighted by molar-refractivity contribution is -0.119. The number of hydrogen-bond acceptors (Lipinski definition) is 4. The van der Waals surface area contributed by atoms with E-state index in [1.807, 2.05) is 6.92 Å². The molecule has 0 bridgehead atoms. The molecule has 1 aromatic carbocycles. The van der Waals surface area contributed by atoms with Gasteiger partial charge in [-0.05, 0) is 37.5 Å². The number of nitrogens with one attached hydrogen (secondary N) is 1. The number of benzene rings is 1. The molecule has 7 nitrogen and oxygen atoms in total. The summed E-state index contributed by atoms with van der Waals surface area (Å²) in [7, 11) is 0. The zero-order chi connectivity index (χ0) is 20.3.